The Balaban J connectivity index is 2.81. The van der Waals surface area contributed by atoms with E-state index in [1.54, 1.807) is 7.11 Å². The fourth-order valence-corrected chi connectivity index (χ4v) is 2.76. The monoisotopic (exact) mass is 263 g/mol. The Labute approximate surface area is 118 Å². The van der Waals surface area contributed by atoms with E-state index in [9.17, 15) is 0 Å². The minimum absolute atomic E-state index is 0.631. The molecular formula is C17H29NO. The molecule has 0 radical (unpaired) electrons. The first kappa shape index (κ1) is 16.0. The van der Waals surface area contributed by atoms with Crippen molar-refractivity contribution in [1.29, 1.82) is 0 Å². The summed E-state index contributed by atoms with van der Waals surface area (Å²) in [5.41, 5.74) is 1.33. The van der Waals surface area contributed by atoms with Gasteiger partial charge in [-0.1, -0.05) is 45.4 Å². The van der Waals surface area contributed by atoms with Gasteiger partial charge in [-0.2, -0.15) is 0 Å². The molecule has 0 spiro atoms. The first-order chi connectivity index (χ1) is 9.26. The molecular weight excluding hydrogens is 234 g/mol. The third-order valence-electron chi connectivity index (χ3n) is 3.70. The Morgan fingerprint density at radius 3 is 2.42 bits per heavy atom. The summed E-state index contributed by atoms with van der Waals surface area (Å²) < 4.78 is 5.48. The van der Waals surface area contributed by atoms with Gasteiger partial charge in [-0.25, -0.2) is 0 Å². The number of ether oxygens (including phenoxy) is 1. The highest BCUT2D eigenvalue weighted by atomic mass is 16.5. The first-order valence-corrected chi connectivity index (χ1v) is 7.62. The van der Waals surface area contributed by atoms with Crippen molar-refractivity contribution >= 4 is 0 Å². The lowest BCUT2D eigenvalue weighted by atomic mass is 9.99. The maximum absolute atomic E-state index is 5.48. The molecule has 0 N–H and O–H groups in total. The van der Waals surface area contributed by atoms with Gasteiger partial charge in [-0.3, -0.25) is 0 Å². The molecule has 1 rings (SSSR count). The average Bonchev–Trinajstić information content (AvgIpc) is 2.45. The van der Waals surface area contributed by atoms with Crippen molar-refractivity contribution < 1.29 is 4.74 Å². The highest BCUT2D eigenvalue weighted by Crippen LogP contribution is 2.22. The van der Waals surface area contributed by atoms with Crippen LogP contribution in [0.3, 0.4) is 0 Å². The molecule has 0 saturated heterocycles. The Kier molecular flexibility index (Phi) is 7.57. The summed E-state index contributed by atoms with van der Waals surface area (Å²) in [6.07, 6.45) is 4.80. The molecule has 2 heteroatoms. The molecule has 0 aliphatic carbocycles. The SMILES string of the molecule is CCCC(Cc1ccccc1OC)N(CC)CCC. The number of nitrogens with zero attached hydrogens (tertiary/aromatic N) is 1. The maximum Gasteiger partial charge on any atom is 0.122 e. The summed E-state index contributed by atoms with van der Waals surface area (Å²) in [6.45, 7) is 9.12. The van der Waals surface area contributed by atoms with E-state index in [2.05, 4.69) is 43.9 Å². The van der Waals surface area contributed by atoms with Crippen LogP contribution in [0.5, 0.6) is 5.75 Å². The zero-order chi connectivity index (χ0) is 14.1. The Morgan fingerprint density at radius 1 is 1.11 bits per heavy atom. The maximum atomic E-state index is 5.48. The normalized spacial score (nSPS) is 12.7. The molecule has 0 amide bonds. The van der Waals surface area contributed by atoms with E-state index in [4.69, 9.17) is 4.74 Å². The van der Waals surface area contributed by atoms with Crippen molar-refractivity contribution in [2.24, 2.45) is 0 Å². The smallest absolute Gasteiger partial charge is 0.122 e. The lowest BCUT2D eigenvalue weighted by Crippen LogP contribution is -2.37. The molecule has 1 atom stereocenters. The number of methoxy groups -OCH3 is 1. The van der Waals surface area contributed by atoms with Gasteiger partial charge >= 0.3 is 0 Å². The number of benzene rings is 1. The van der Waals surface area contributed by atoms with Crippen LogP contribution in [-0.4, -0.2) is 31.1 Å². The van der Waals surface area contributed by atoms with Gasteiger partial charge in [0.15, 0.2) is 0 Å². The van der Waals surface area contributed by atoms with Crippen LogP contribution in [0.25, 0.3) is 0 Å². The number of likely N-dealkylation sites (N-methyl/N-ethyl adjacent to an activating group) is 1. The van der Waals surface area contributed by atoms with Gasteiger partial charge in [-0.15, -0.1) is 0 Å². The van der Waals surface area contributed by atoms with Crippen LogP contribution in [0, 0.1) is 0 Å². The Morgan fingerprint density at radius 2 is 1.84 bits per heavy atom. The van der Waals surface area contributed by atoms with Gasteiger partial charge in [0, 0.05) is 6.04 Å². The van der Waals surface area contributed by atoms with Crippen molar-refractivity contribution in [3.63, 3.8) is 0 Å². The highest BCUT2D eigenvalue weighted by Gasteiger charge is 2.17. The largest absolute Gasteiger partial charge is 0.496 e. The predicted octanol–water partition coefficient (Wildman–Crippen LogP) is 4.14. The van der Waals surface area contributed by atoms with Gasteiger partial charge in [0.25, 0.3) is 0 Å². The standard InChI is InChI=1S/C17H29NO/c1-5-10-16(18(7-3)13-6-2)14-15-11-8-9-12-17(15)19-4/h8-9,11-12,16H,5-7,10,13-14H2,1-4H3. The number of hydrogen-bond donors (Lipinski definition) is 0. The van der Waals surface area contributed by atoms with E-state index in [-0.39, 0.29) is 0 Å². The zero-order valence-electron chi connectivity index (χ0n) is 13.0. The van der Waals surface area contributed by atoms with Crippen LogP contribution in [-0.2, 0) is 6.42 Å². The van der Waals surface area contributed by atoms with Gasteiger partial charge < -0.3 is 9.64 Å². The molecule has 0 aliphatic heterocycles. The lowest BCUT2D eigenvalue weighted by Gasteiger charge is -2.31. The molecule has 2 nitrogen and oxygen atoms in total. The van der Waals surface area contributed by atoms with Gasteiger partial charge in [-0.05, 0) is 44.0 Å². The summed E-state index contributed by atoms with van der Waals surface area (Å²) in [5.74, 6) is 1.02. The molecule has 1 aromatic carbocycles. The van der Waals surface area contributed by atoms with Crippen LogP contribution in [0.4, 0.5) is 0 Å². The Hall–Kier alpha value is -1.02. The van der Waals surface area contributed by atoms with Crippen molar-refractivity contribution in [3.05, 3.63) is 29.8 Å². The zero-order valence-corrected chi connectivity index (χ0v) is 13.0. The second-order valence-electron chi connectivity index (χ2n) is 5.09. The van der Waals surface area contributed by atoms with Crippen LogP contribution in [0.1, 0.15) is 45.6 Å². The summed E-state index contributed by atoms with van der Waals surface area (Å²) in [6, 6.07) is 9.04. The van der Waals surface area contributed by atoms with Crippen molar-refractivity contribution in [2.75, 3.05) is 20.2 Å². The first-order valence-electron chi connectivity index (χ1n) is 7.62. The molecule has 0 saturated carbocycles. The van der Waals surface area contributed by atoms with E-state index < -0.39 is 0 Å². The number of rotatable bonds is 9. The molecule has 0 fully saturated rings. The summed E-state index contributed by atoms with van der Waals surface area (Å²) in [4.78, 5) is 2.61. The molecule has 0 bridgehead atoms. The van der Waals surface area contributed by atoms with Gasteiger partial charge in [0.1, 0.15) is 5.75 Å². The van der Waals surface area contributed by atoms with Crippen molar-refractivity contribution in [2.45, 2.75) is 52.5 Å². The molecule has 0 heterocycles. The quantitative estimate of drug-likeness (QED) is 0.664. The highest BCUT2D eigenvalue weighted by molar-refractivity contribution is 5.33. The topological polar surface area (TPSA) is 12.5 Å². The van der Waals surface area contributed by atoms with E-state index in [0.29, 0.717) is 6.04 Å². The second-order valence-corrected chi connectivity index (χ2v) is 5.09. The molecule has 19 heavy (non-hydrogen) atoms. The number of hydrogen-bond acceptors (Lipinski definition) is 2. The summed E-state index contributed by atoms with van der Waals surface area (Å²) in [5, 5.41) is 0. The minimum atomic E-state index is 0.631. The van der Waals surface area contributed by atoms with Crippen LogP contribution < -0.4 is 4.74 Å². The van der Waals surface area contributed by atoms with Crippen LogP contribution in [0.15, 0.2) is 24.3 Å². The minimum Gasteiger partial charge on any atom is -0.496 e. The molecule has 1 aromatic rings. The van der Waals surface area contributed by atoms with Gasteiger partial charge in [0.2, 0.25) is 0 Å². The fourth-order valence-electron chi connectivity index (χ4n) is 2.76. The van der Waals surface area contributed by atoms with Crippen molar-refractivity contribution in [3.8, 4) is 5.75 Å². The Bertz CT molecular complexity index is 351. The van der Waals surface area contributed by atoms with Crippen LogP contribution >= 0.6 is 0 Å². The average molecular weight is 263 g/mol. The predicted molar refractivity (Wildman–Crippen MR) is 82.9 cm³/mol. The fraction of sp³-hybridized carbons (Fsp3) is 0.647. The molecule has 1 unspecified atom stereocenters. The van der Waals surface area contributed by atoms with Crippen LogP contribution in [0.2, 0.25) is 0 Å². The summed E-state index contributed by atoms with van der Waals surface area (Å²) >= 11 is 0. The van der Waals surface area contributed by atoms with Crippen molar-refractivity contribution in [1.82, 2.24) is 4.90 Å². The van der Waals surface area contributed by atoms with E-state index in [1.807, 2.05) is 6.07 Å². The summed E-state index contributed by atoms with van der Waals surface area (Å²) in [7, 11) is 1.76. The third kappa shape index (κ3) is 4.87. The molecule has 108 valence electrons. The molecule has 0 aliphatic rings. The lowest BCUT2D eigenvalue weighted by molar-refractivity contribution is 0.192. The van der Waals surface area contributed by atoms with Gasteiger partial charge in [0.05, 0.1) is 7.11 Å². The molecule has 0 aromatic heterocycles. The van der Waals surface area contributed by atoms with E-state index in [0.717, 1.165) is 18.7 Å². The van der Waals surface area contributed by atoms with E-state index >= 15 is 0 Å². The second kappa shape index (κ2) is 8.98. The number of para-hydroxylation sites is 1. The third-order valence-corrected chi connectivity index (χ3v) is 3.70. The van der Waals surface area contributed by atoms with E-state index in [1.165, 1.54) is 31.4 Å².